The van der Waals surface area contributed by atoms with Crippen LogP contribution in [0.5, 0.6) is 0 Å². The Balaban J connectivity index is 2.10. The highest BCUT2D eigenvalue weighted by Crippen LogP contribution is 2.22. The zero-order valence-electron chi connectivity index (χ0n) is 10.6. The second-order valence-corrected chi connectivity index (χ2v) is 8.25. The van der Waals surface area contributed by atoms with Gasteiger partial charge in [0.15, 0.2) is 9.84 Å². The molecule has 0 spiro atoms. The second-order valence-electron chi connectivity index (χ2n) is 4.89. The molecule has 5 nitrogen and oxygen atoms in total. The molecule has 1 unspecified atom stereocenters. The van der Waals surface area contributed by atoms with Gasteiger partial charge in [-0.3, -0.25) is 4.79 Å². The highest BCUT2D eigenvalue weighted by Gasteiger charge is 2.37. The lowest BCUT2D eigenvalue weighted by Crippen LogP contribution is -2.56. The van der Waals surface area contributed by atoms with Gasteiger partial charge in [0.05, 0.1) is 6.04 Å². The number of sulfone groups is 1. The van der Waals surface area contributed by atoms with Gasteiger partial charge in [-0.25, -0.2) is 8.42 Å². The van der Waals surface area contributed by atoms with Crippen molar-refractivity contribution in [2.45, 2.75) is 30.7 Å². The third-order valence-corrected chi connectivity index (χ3v) is 6.11. The smallest absolute Gasteiger partial charge is 0.240 e. The predicted octanol–water partition coefficient (Wildman–Crippen LogP) is 0.0746. The van der Waals surface area contributed by atoms with Gasteiger partial charge in [0, 0.05) is 24.3 Å². The Labute approximate surface area is 113 Å². The number of amides is 1. The maximum atomic E-state index is 12.4. The topological polar surface area (TPSA) is 66.5 Å². The van der Waals surface area contributed by atoms with E-state index in [1.807, 2.05) is 0 Å². The average Bonchev–Trinajstić information content (AvgIpc) is 2.38. The van der Waals surface area contributed by atoms with Gasteiger partial charge >= 0.3 is 0 Å². The number of rotatable bonds is 2. The van der Waals surface area contributed by atoms with Gasteiger partial charge in [-0.2, -0.15) is 11.8 Å². The summed E-state index contributed by atoms with van der Waals surface area (Å²) in [5, 5.41) is 2.55. The first-order valence-corrected chi connectivity index (χ1v) is 9.41. The molecule has 2 atom stereocenters. The molecule has 0 radical (unpaired) electrons. The average molecular weight is 292 g/mol. The van der Waals surface area contributed by atoms with Crippen LogP contribution >= 0.6 is 11.8 Å². The summed E-state index contributed by atoms with van der Waals surface area (Å²) in [6, 6.07) is -0.189. The third-order valence-electron chi connectivity index (χ3n) is 3.47. The van der Waals surface area contributed by atoms with Crippen LogP contribution in [0.15, 0.2) is 0 Å². The Kier molecular flexibility index (Phi) is 4.55. The van der Waals surface area contributed by atoms with Gasteiger partial charge in [-0.1, -0.05) is 6.42 Å². The number of nitrogens with one attached hydrogen (secondary N) is 1. The molecule has 2 aliphatic rings. The minimum atomic E-state index is -3.20. The van der Waals surface area contributed by atoms with E-state index >= 15 is 0 Å². The van der Waals surface area contributed by atoms with Crippen LogP contribution in [0.2, 0.25) is 0 Å². The Morgan fingerprint density at radius 2 is 2.17 bits per heavy atom. The van der Waals surface area contributed by atoms with Crippen LogP contribution in [-0.4, -0.2) is 61.5 Å². The van der Waals surface area contributed by atoms with Crippen LogP contribution in [0.3, 0.4) is 0 Å². The highest BCUT2D eigenvalue weighted by atomic mass is 32.2. The van der Waals surface area contributed by atoms with E-state index in [-0.39, 0.29) is 11.9 Å². The Morgan fingerprint density at radius 1 is 1.39 bits per heavy atom. The summed E-state index contributed by atoms with van der Waals surface area (Å²) in [5.41, 5.74) is 0. The fraction of sp³-hybridized carbons (Fsp3) is 0.909. The minimum Gasteiger partial charge on any atom is -0.323 e. The number of nitrogens with zero attached hydrogens (tertiary/aromatic N) is 1. The first-order valence-electron chi connectivity index (χ1n) is 6.30. The van der Waals surface area contributed by atoms with E-state index in [4.69, 9.17) is 0 Å². The fourth-order valence-electron chi connectivity index (χ4n) is 2.45. The predicted molar refractivity (Wildman–Crippen MR) is 73.3 cm³/mol. The van der Waals surface area contributed by atoms with E-state index in [9.17, 15) is 13.2 Å². The number of piperidine rings is 1. The maximum absolute atomic E-state index is 12.4. The van der Waals surface area contributed by atoms with E-state index in [1.165, 1.54) is 6.26 Å². The number of carbonyl (C=O) groups is 1. The quantitative estimate of drug-likeness (QED) is 0.780. The molecule has 2 heterocycles. The summed E-state index contributed by atoms with van der Waals surface area (Å²) in [7, 11) is -3.20. The lowest BCUT2D eigenvalue weighted by atomic mass is 10.0. The molecule has 2 aliphatic heterocycles. The molecular weight excluding hydrogens is 272 g/mol. The lowest BCUT2D eigenvalue weighted by Gasteiger charge is -2.37. The normalized spacial score (nSPS) is 30.2. The SMILES string of the molecule is CS(=O)(=O)C1CSCCN1C(=O)[C@@H]1CCCCN1. The number of hydrogen-bond donors (Lipinski definition) is 1. The van der Waals surface area contributed by atoms with Crippen molar-refractivity contribution in [3.05, 3.63) is 0 Å². The van der Waals surface area contributed by atoms with Crippen molar-refractivity contribution in [2.24, 2.45) is 0 Å². The molecule has 1 N–H and O–H groups in total. The third kappa shape index (κ3) is 3.19. The van der Waals surface area contributed by atoms with Gasteiger partial charge in [0.25, 0.3) is 0 Å². The molecule has 0 saturated carbocycles. The second kappa shape index (κ2) is 5.79. The molecule has 2 fully saturated rings. The summed E-state index contributed by atoms with van der Waals surface area (Å²) < 4.78 is 23.5. The molecule has 0 aromatic heterocycles. The van der Waals surface area contributed by atoms with Crippen molar-refractivity contribution in [1.82, 2.24) is 10.2 Å². The fourth-order valence-corrected chi connectivity index (χ4v) is 5.27. The van der Waals surface area contributed by atoms with Gasteiger partial charge in [-0.05, 0) is 19.4 Å². The van der Waals surface area contributed by atoms with Crippen LogP contribution in [0.4, 0.5) is 0 Å². The largest absolute Gasteiger partial charge is 0.323 e. The molecule has 0 aliphatic carbocycles. The van der Waals surface area contributed by atoms with Gasteiger partial charge in [0.1, 0.15) is 5.37 Å². The summed E-state index contributed by atoms with van der Waals surface area (Å²) in [4.78, 5) is 14.0. The lowest BCUT2D eigenvalue weighted by molar-refractivity contribution is -0.134. The minimum absolute atomic E-state index is 0.0366. The van der Waals surface area contributed by atoms with Crippen molar-refractivity contribution in [3.8, 4) is 0 Å². The van der Waals surface area contributed by atoms with Crippen molar-refractivity contribution in [3.63, 3.8) is 0 Å². The Hall–Kier alpha value is -0.270. The molecule has 7 heteroatoms. The molecule has 104 valence electrons. The zero-order valence-corrected chi connectivity index (χ0v) is 12.2. The van der Waals surface area contributed by atoms with E-state index in [1.54, 1.807) is 16.7 Å². The Bertz CT molecular complexity index is 405. The maximum Gasteiger partial charge on any atom is 0.240 e. The van der Waals surface area contributed by atoms with Crippen molar-refractivity contribution < 1.29 is 13.2 Å². The number of thioether (sulfide) groups is 1. The van der Waals surface area contributed by atoms with E-state index in [2.05, 4.69) is 5.32 Å². The molecule has 0 aromatic rings. The highest BCUT2D eigenvalue weighted by molar-refractivity contribution is 8.00. The monoisotopic (exact) mass is 292 g/mol. The number of carbonyl (C=O) groups excluding carboxylic acids is 1. The van der Waals surface area contributed by atoms with Crippen LogP contribution in [-0.2, 0) is 14.6 Å². The summed E-state index contributed by atoms with van der Waals surface area (Å²) in [6.07, 6.45) is 4.17. The van der Waals surface area contributed by atoms with E-state index in [0.29, 0.717) is 12.3 Å². The van der Waals surface area contributed by atoms with Crippen molar-refractivity contribution in [2.75, 3.05) is 30.9 Å². The zero-order chi connectivity index (χ0) is 13.2. The molecule has 18 heavy (non-hydrogen) atoms. The molecule has 0 aromatic carbocycles. The molecule has 1 amide bonds. The van der Waals surface area contributed by atoms with Crippen LogP contribution in [0, 0.1) is 0 Å². The Morgan fingerprint density at radius 3 is 2.78 bits per heavy atom. The van der Waals surface area contributed by atoms with E-state index in [0.717, 1.165) is 31.6 Å². The van der Waals surface area contributed by atoms with Crippen LogP contribution < -0.4 is 5.32 Å². The standard InChI is InChI=1S/C11H20N2O3S2/c1-18(15,16)10-8-17-7-6-13(10)11(14)9-4-2-3-5-12-9/h9-10,12H,2-8H2,1H3/t9-,10?/m0/s1. The summed E-state index contributed by atoms with van der Waals surface area (Å²) >= 11 is 1.60. The molecular formula is C11H20N2O3S2. The first-order chi connectivity index (χ1) is 8.50. The molecule has 2 rings (SSSR count). The number of hydrogen-bond acceptors (Lipinski definition) is 5. The van der Waals surface area contributed by atoms with Gasteiger partial charge in [-0.15, -0.1) is 0 Å². The first kappa shape index (κ1) is 14.1. The summed E-state index contributed by atoms with van der Waals surface area (Å²) in [6.45, 7) is 1.39. The van der Waals surface area contributed by atoms with Gasteiger partial charge < -0.3 is 10.2 Å². The van der Waals surface area contributed by atoms with Crippen LogP contribution in [0.1, 0.15) is 19.3 Å². The van der Waals surface area contributed by atoms with Crippen molar-refractivity contribution >= 4 is 27.5 Å². The molecule has 2 saturated heterocycles. The van der Waals surface area contributed by atoms with Crippen molar-refractivity contribution in [1.29, 1.82) is 0 Å². The van der Waals surface area contributed by atoms with E-state index < -0.39 is 15.2 Å². The van der Waals surface area contributed by atoms with Gasteiger partial charge in [0.2, 0.25) is 5.91 Å². The van der Waals surface area contributed by atoms with Crippen LogP contribution in [0.25, 0.3) is 0 Å². The molecule has 0 bridgehead atoms. The summed E-state index contributed by atoms with van der Waals surface area (Å²) in [5.74, 6) is 1.28.